The number of nitrogens with zero attached hydrogens (tertiary/aromatic N) is 1. The van der Waals surface area contributed by atoms with E-state index in [0.29, 0.717) is 10.8 Å². The van der Waals surface area contributed by atoms with Gasteiger partial charge in [-0.05, 0) is 13.0 Å². The first-order valence-corrected chi connectivity index (χ1v) is 6.36. The van der Waals surface area contributed by atoms with Gasteiger partial charge in [-0.3, -0.25) is 9.19 Å². The zero-order chi connectivity index (χ0) is 10.6. The second kappa shape index (κ2) is 5.32. The molecule has 1 heterocycles. The van der Waals surface area contributed by atoms with Crippen molar-refractivity contribution in [2.24, 2.45) is 0 Å². The van der Waals surface area contributed by atoms with Crippen molar-refractivity contribution in [3.63, 3.8) is 0 Å². The molecule has 0 aromatic carbocycles. The van der Waals surface area contributed by atoms with Crippen molar-refractivity contribution in [3.05, 3.63) is 23.5 Å². The standard InChI is InChI=1S/C9H13ClN2OS/c1-7(6-14(2)13)12-9-3-4-11-5-8(9)10/h3-5,7H,6H2,1-2H3,(H,11,12). The lowest BCUT2D eigenvalue weighted by atomic mass is 10.3. The Kier molecular flexibility index (Phi) is 4.35. The zero-order valence-corrected chi connectivity index (χ0v) is 9.73. The molecule has 1 rings (SSSR count). The minimum Gasteiger partial charge on any atom is -0.380 e. The van der Waals surface area contributed by atoms with Gasteiger partial charge in [-0.15, -0.1) is 0 Å². The van der Waals surface area contributed by atoms with E-state index >= 15 is 0 Å². The van der Waals surface area contributed by atoms with Crippen LogP contribution in [0.1, 0.15) is 6.92 Å². The Morgan fingerprint density at radius 2 is 2.43 bits per heavy atom. The summed E-state index contributed by atoms with van der Waals surface area (Å²) in [6.07, 6.45) is 4.94. The van der Waals surface area contributed by atoms with Gasteiger partial charge in [0.1, 0.15) is 0 Å². The van der Waals surface area contributed by atoms with Gasteiger partial charge in [-0.2, -0.15) is 0 Å². The summed E-state index contributed by atoms with van der Waals surface area (Å²) in [5.41, 5.74) is 0.833. The average Bonchev–Trinajstić information content (AvgIpc) is 2.07. The van der Waals surface area contributed by atoms with E-state index in [-0.39, 0.29) is 6.04 Å². The predicted octanol–water partition coefficient (Wildman–Crippen LogP) is 1.91. The number of halogens is 1. The van der Waals surface area contributed by atoms with Crippen molar-refractivity contribution in [3.8, 4) is 0 Å². The van der Waals surface area contributed by atoms with Crippen LogP contribution >= 0.6 is 11.6 Å². The highest BCUT2D eigenvalue weighted by atomic mass is 35.5. The summed E-state index contributed by atoms with van der Waals surface area (Å²) in [6, 6.07) is 1.94. The summed E-state index contributed by atoms with van der Waals surface area (Å²) in [5, 5.41) is 3.76. The van der Waals surface area contributed by atoms with Crippen LogP contribution in [0.4, 0.5) is 5.69 Å². The van der Waals surface area contributed by atoms with Crippen molar-refractivity contribution in [1.82, 2.24) is 4.98 Å². The quantitative estimate of drug-likeness (QED) is 0.863. The molecule has 5 heteroatoms. The molecule has 0 saturated carbocycles. The second-order valence-corrected chi connectivity index (χ2v) is 5.03. The number of pyridine rings is 1. The fourth-order valence-corrected chi connectivity index (χ4v) is 2.11. The van der Waals surface area contributed by atoms with Crippen molar-refractivity contribution in [2.45, 2.75) is 13.0 Å². The molecule has 0 bridgehead atoms. The third kappa shape index (κ3) is 3.64. The van der Waals surface area contributed by atoms with E-state index in [0.717, 1.165) is 5.69 Å². The summed E-state index contributed by atoms with van der Waals surface area (Å²) in [7, 11) is -0.797. The molecule has 2 atom stereocenters. The number of rotatable bonds is 4. The van der Waals surface area contributed by atoms with E-state index in [2.05, 4.69) is 10.3 Å². The molecule has 2 unspecified atom stereocenters. The second-order valence-electron chi connectivity index (χ2n) is 3.14. The Morgan fingerprint density at radius 3 is 3.00 bits per heavy atom. The highest BCUT2D eigenvalue weighted by Gasteiger charge is 2.06. The SMILES string of the molecule is CC(CS(C)=O)Nc1ccncc1Cl. The highest BCUT2D eigenvalue weighted by molar-refractivity contribution is 7.84. The molecule has 0 fully saturated rings. The van der Waals surface area contributed by atoms with Gasteiger partial charge in [0.15, 0.2) is 0 Å². The minimum atomic E-state index is -0.797. The van der Waals surface area contributed by atoms with Crippen LogP contribution in [0, 0.1) is 0 Å². The van der Waals surface area contributed by atoms with Gasteiger partial charge in [0.05, 0.1) is 10.7 Å². The average molecular weight is 233 g/mol. The molecule has 0 aliphatic heterocycles. The van der Waals surface area contributed by atoms with E-state index in [1.165, 1.54) is 0 Å². The van der Waals surface area contributed by atoms with Crippen LogP contribution in [-0.2, 0) is 10.8 Å². The zero-order valence-electron chi connectivity index (χ0n) is 8.16. The molecule has 0 aliphatic rings. The van der Waals surface area contributed by atoms with E-state index in [1.807, 2.05) is 6.92 Å². The first-order chi connectivity index (χ1) is 6.59. The highest BCUT2D eigenvalue weighted by Crippen LogP contribution is 2.19. The van der Waals surface area contributed by atoms with Gasteiger partial charge in [-0.25, -0.2) is 0 Å². The third-order valence-corrected chi connectivity index (χ3v) is 2.93. The minimum absolute atomic E-state index is 0.140. The van der Waals surface area contributed by atoms with Crippen LogP contribution in [0.25, 0.3) is 0 Å². The van der Waals surface area contributed by atoms with E-state index < -0.39 is 10.8 Å². The molecule has 0 saturated heterocycles. The Hall–Kier alpha value is -0.610. The molecule has 0 amide bonds. The van der Waals surface area contributed by atoms with Gasteiger partial charge in [0.25, 0.3) is 0 Å². The number of aromatic nitrogens is 1. The monoisotopic (exact) mass is 232 g/mol. The van der Waals surface area contributed by atoms with E-state index in [4.69, 9.17) is 11.6 Å². The van der Waals surface area contributed by atoms with Crippen molar-refractivity contribution >= 4 is 28.1 Å². The summed E-state index contributed by atoms with van der Waals surface area (Å²) < 4.78 is 11.0. The third-order valence-electron chi connectivity index (χ3n) is 1.66. The molecule has 3 nitrogen and oxygen atoms in total. The maximum absolute atomic E-state index is 11.0. The van der Waals surface area contributed by atoms with Crippen LogP contribution in [0.15, 0.2) is 18.5 Å². The summed E-state index contributed by atoms with van der Waals surface area (Å²) in [4.78, 5) is 3.88. The normalized spacial score (nSPS) is 14.8. The van der Waals surface area contributed by atoms with Gasteiger partial charge in [0, 0.05) is 41.2 Å². The van der Waals surface area contributed by atoms with Crippen LogP contribution in [0.2, 0.25) is 5.02 Å². The van der Waals surface area contributed by atoms with Crippen LogP contribution in [0.5, 0.6) is 0 Å². The summed E-state index contributed by atoms with van der Waals surface area (Å²) in [5.74, 6) is 0.610. The molecule has 1 N–H and O–H groups in total. The predicted molar refractivity (Wildman–Crippen MR) is 61.3 cm³/mol. The van der Waals surface area contributed by atoms with Gasteiger partial charge in [0.2, 0.25) is 0 Å². The Labute approximate surface area is 91.3 Å². The first kappa shape index (κ1) is 11.5. The summed E-state index contributed by atoms with van der Waals surface area (Å²) >= 11 is 5.90. The topological polar surface area (TPSA) is 42.0 Å². The van der Waals surface area contributed by atoms with Gasteiger partial charge in [-0.1, -0.05) is 11.6 Å². The lowest BCUT2D eigenvalue weighted by Crippen LogP contribution is -2.22. The van der Waals surface area contributed by atoms with Crippen LogP contribution in [0.3, 0.4) is 0 Å². The molecule has 0 aliphatic carbocycles. The van der Waals surface area contributed by atoms with Gasteiger partial charge < -0.3 is 5.32 Å². The molecule has 0 spiro atoms. The molecular formula is C9H13ClN2OS. The molecule has 14 heavy (non-hydrogen) atoms. The number of anilines is 1. The van der Waals surface area contributed by atoms with Gasteiger partial charge >= 0.3 is 0 Å². The van der Waals surface area contributed by atoms with Crippen LogP contribution < -0.4 is 5.32 Å². The molecule has 0 radical (unpaired) electrons. The maximum Gasteiger partial charge on any atom is 0.0820 e. The summed E-state index contributed by atoms with van der Waals surface area (Å²) in [6.45, 7) is 1.97. The molecular weight excluding hydrogens is 220 g/mol. The Morgan fingerprint density at radius 1 is 1.71 bits per heavy atom. The first-order valence-electron chi connectivity index (χ1n) is 4.25. The van der Waals surface area contributed by atoms with E-state index in [9.17, 15) is 4.21 Å². The lowest BCUT2D eigenvalue weighted by Gasteiger charge is -2.14. The van der Waals surface area contributed by atoms with E-state index in [1.54, 1.807) is 24.7 Å². The molecule has 78 valence electrons. The van der Waals surface area contributed by atoms with Crippen molar-refractivity contribution in [2.75, 3.05) is 17.3 Å². The van der Waals surface area contributed by atoms with Crippen molar-refractivity contribution < 1.29 is 4.21 Å². The Bertz CT molecular complexity index is 332. The smallest absolute Gasteiger partial charge is 0.0820 e. The molecule has 1 aromatic rings. The molecule has 1 aromatic heterocycles. The number of hydrogen-bond acceptors (Lipinski definition) is 3. The fourth-order valence-electron chi connectivity index (χ4n) is 1.15. The lowest BCUT2D eigenvalue weighted by molar-refractivity contribution is 0.683. The fraction of sp³-hybridized carbons (Fsp3) is 0.444. The Balaban J connectivity index is 2.60. The maximum atomic E-state index is 11.0. The largest absolute Gasteiger partial charge is 0.380 e. The van der Waals surface area contributed by atoms with Crippen molar-refractivity contribution in [1.29, 1.82) is 0 Å². The number of nitrogens with one attached hydrogen (secondary N) is 1. The number of hydrogen-bond donors (Lipinski definition) is 1. The van der Waals surface area contributed by atoms with Crippen LogP contribution in [-0.4, -0.2) is 27.2 Å².